The maximum absolute atomic E-state index is 12.0. The molecule has 0 saturated heterocycles. The first-order chi connectivity index (χ1) is 9.92. The zero-order valence-corrected chi connectivity index (χ0v) is 13.1. The largest absolute Gasteiger partial charge is 0.373 e. The molecule has 0 aliphatic heterocycles. The molecule has 0 aliphatic carbocycles. The van der Waals surface area contributed by atoms with E-state index in [0.29, 0.717) is 30.4 Å². The van der Waals surface area contributed by atoms with Crippen molar-refractivity contribution in [1.82, 2.24) is 15.6 Å². The maximum Gasteiger partial charge on any atom is 0.251 e. The lowest BCUT2D eigenvalue weighted by Gasteiger charge is -2.09. The van der Waals surface area contributed by atoms with Crippen LogP contribution >= 0.6 is 0 Å². The van der Waals surface area contributed by atoms with E-state index >= 15 is 0 Å². The van der Waals surface area contributed by atoms with Crippen molar-refractivity contribution in [3.05, 3.63) is 23.4 Å². The molecule has 0 aliphatic rings. The Hall–Kier alpha value is -2.11. The number of pyridine rings is 1. The molecule has 2 amide bonds. The van der Waals surface area contributed by atoms with Gasteiger partial charge in [0.25, 0.3) is 5.91 Å². The molecule has 6 heteroatoms. The van der Waals surface area contributed by atoms with Crippen LogP contribution < -0.4 is 16.0 Å². The predicted molar refractivity (Wildman–Crippen MR) is 83.3 cm³/mol. The summed E-state index contributed by atoms with van der Waals surface area (Å²) in [4.78, 5) is 27.8. The van der Waals surface area contributed by atoms with Gasteiger partial charge in [-0.2, -0.15) is 0 Å². The van der Waals surface area contributed by atoms with E-state index in [9.17, 15) is 9.59 Å². The lowest BCUT2D eigenvalue weighted by atomic mass is 10.2. The van der Waals surface area contributed by atoms with Gasteiger partial charge in [-0.25, -0.2) is 4.98 Å². The van der Waals surface area contributed by atoms with E-state index in [0.717, 1.165) is 5.69 Å². The van der Waals surface area contributed by atoms with Crippen molar-refractivity contribution in [2.24, 2.45) is 5.92 Å². The highest BCUT2D eigenvalue weighted by Crippen LogP contribution is 2.09. The molecule has 116 valence electrons. The Bertz CT molecular complexity index is 500. The Morgan fingerprint density at radius 2 is 1.95 bits per heavy atom. The van der Waals surface area contributed by atoms with E-state index in [1.54, 1.807) is 19.2 Å². The predicted octanol–water partition coefficient (Wildman–Crippen LogP) is 1.32. The van der Waals surface area contributed by atoms with Crippen LogP contribution in [0.1, 0.15) is 36.3 Å². The number of hydrogen-bond donors (Lipinski definition) is 3. The Morgan fingerprint density at radius 1 is 1.24 bits per heavy atom. The van der Waals surface area contributed by atoms with Crippen LogP contribution in [0.2, 0.25) is 0 Å². The number of carbonyl (C=O) groups excluding carboxylic acids is 2. The van der Waals surface area contributed by atoms with Crippen molar-refractivity contribution in [3.8, 4) is 0 Å². The van der Waals surface area contributed by atoms with E-state index in [1.165, 1.54) is 0 Å². The van der Waals surface area contributed by atoms with Crippen LogP contribution in [0.15, 0.2) is 12.1 Å². The lowest BCUT2D eigenvalue weighted by Crippen LogP contribution is -2.32. The summed E-state index contributed by atoms with van der Waals surface area (Å²) < 4.78 is 0. The standard InChI is InChI=1S/C15H24N4O2/c1-10(2)9-18-14(20)5-6-17-15(21)12-7-11(3)19-13(8-12)16-4/h7-8,10H,5-6,9H2,1-4H3,(H,16,19)(H,17,21)(H,18,20). The average Bonchev–Trinajstić information content (AvgIpc) is 2.44. The van der Waals surface area contributed by atoms with Crippen molar-refractivity contribution in [3.63, 3.8) is 0 Å². The van der Waals surface area contributed by atoms with Crippen LogP contribution in [0, 0.1) is 12.8 Å². The lowest BCUT2D eigenvalue weighted by molar-refractivity contribution is -0.121. The van der Waals surface area contributed by atoms with Crippen molar-refractivity contribution in [2.75, 3.05) is 25.5 Å². The van der Waals surface area contributed by atoms with Crippen LogP contribution in [-0.4, -0.2) is 36.9 Å². The summed E-state index contributed by atoms with van der Waals surface area (Å²) >= 11 is 0. The van der Waals surface area contributed by atoms with Crippen molar-refractivity contribution >= 4 is 17.6 Å². The minimum absolute atomic E-state index is 0.0502. The van der Waals surface area contributed by atoms with Gasteiger partial charge in [0.1, 0.15) is 5.82 Å². The molecule has 0 fully saturated rings. The number of nitrogens with one attached hydrogen (secondary N) is 3. The SMILES string of the molecule is CNc1cc(C(=O)NCCC(=O)NCC(C)C)cc(C)n1. The Morgan fingerprint density at radius 3 is 2.57 bits per heavy atom. The van der Waals surface area contributed by atoms with E-state index in [1.807, 2.05) is 20.8 Å². The molecular formula is C15H24N4O2. The van der Waals surface area contributed by atoms with E-state index in [4.69, 9.17) is 0 Å². The fourth-order valence-corrected chi connectivity index (χ4v) is 1.73. The molecule has 1 aromatic heterocycles. The fraction of sp³-hybridized carbons (Fsp3) is 0.533. The van der Waals surface area contributed by atoms with Gasteiger partial charge in [-0.05, 0) is 25.0 Å². The number of hydrogen-bond acceptors (Lipinski definition) is 4. The maximum atomic E-state index is 12.0. The topological polar surface area (TPSA) is 83.1 Å². The number of aryl methyl sites for hydroxylation is 1. The molecule has 0 bridgehead atoms. The molecule has 0 unspecified atom stereocenters. The highest BCUT2D eigenvalue weighted by atomic mass is 16.2. The van der Waals surface area contributed by atoms with Crippen LogP contribution in [0.5, 0.6) is 0 Å². The van der Waals surface area contributed by atoms with Gasteiger partial charge in [-0.15, -0.1) is 0 Å². The second-order valence-electron chi connectivity index (χ2n) is 5.34. The molecule has 1 aromatic rings. The van der Waals surface area contributed by atoms with Crippen LogP contribution in [0.25, 0.3) is 0 Å². The minimum Gasteiger partial charge on any atom is -0.373 e. The normalized spacial score (nSPS) is 10.3. The zero-order valence-electron chi connectivity index (χ0n) is 13.1. The molecule has 3 N–H and O–H groups in total. The quantitative estimate of drug-likeness (QED) is 0.708. The molecular weight excluding hydrogens is 268 g/mol. The second-order valence-corrected chi connectivity index (χ2v) is 5.34. The number of carbonyl (C=O) groups is 2. The highest BCUT2D eigenvalue weighted by Gasteiger charge is 2.09. The number of anilines is 1. The van der Waals surface area contributed by atoms with E-state index in [2.05, 4.69) is 20.9 Å². The van der Waals surface area contributed by atoms with Gasteiger partial charge in [-0.1, -0.05) is 13.8 Å². The molecule has 0 spiro atoms. The van der Waals surface area contributed by atoms with Crippen molar-refractivity contribution in [2.45, 2.75) is 27.2 Å². The number of amides is 2. The Balaban J connectivity index is 2.44. The third-order valence-electron chi connectivity index (χ3n) is 2.82. The third-order valence-corrected chi connectivity index (χ3v) is 2.82. The summed E-state index contributed by atoms with van der Waals surface area (Å²) in [5, 5.41) is 8.46. The highest BCUT2D eigenvalue weighted by molar-refractivity contribution is 5.95. The monoisotopic (exact) mass is 292 g/mol. The van der Waals surface area contributed by atoms with Crippen LogP contribution in [-0.2, 0) is 4.79 Å². The van der Waals surface area contributed by atoms with Crippen molar-refractivity contribution in [1.29, 1.82) is 0 Å². The van der Waals surface area contributed by atoms with Gasteiger partial charge in [0.05, 0.1) is 0 Å². The molecule has 6 nitrogen and oxygen atoms in total. The summed E-state index contributed by atoms with van der Waals surface area (Å²) in [6.07, 6.45) is 0.279. The van der Waals surface area contributed by atoms with E-state index < -0.39 is 0 Å². The summed E-state index contributed by atoms with van der Waals surface area (Å²) in [5.41, 5.74) is 1.30. The van der Waals surface area contributed by atoms with Crippen molar-refractivity contribution < 1.29 is 9.59 Å². The van der Waals surface area contributed by atoms with Gasteiger partial charge in [0.2, 0.25) is 5.91 Å². The Kier molecular flexibility index (Phi) is 6.65. The van der Waals surface area contributed by atoms with Gasteiger partial charge in [0, 0.05) is 37.8 Å². The first kappa shape index (κ1) is 16.9. The number of nitrogens with zero attached hydrogens (tertiary/aromatic N) is 1. The molecule has 21 heavy (non-hydrogen) atoms. The molecule has 0 aromatic carbocycles. The zero-order chi connectivity index (χ0) is 15.8. The fourth-order valence-electron chi connectivity index (χ4n) is 1.73. The summed E-state index contributed by atoms with van der Waals surface area (Å²) in [5.74, 6) is 0.817. The van der Waals surface area contributed by atoms with Crippen LogP contribution in [0.3, 0.4) is 0 Å². The number of aromatic nitrogens is 1. The van der Waals surface area contributed by atoms with Gasteiger partial charge < -0.3 is 16.0 Å². The van der Waals surface area contributed by atoms with Crippen LogP contribution in [0.4, 0.5) is 5.82 Å². The smallest absolute Gasteiger partial charge is 0.251 e. The first-order valence-corrected chi connectivity index (χ1v) is 7.13. The molecule has 0 atom stereocenters. The average molecular weight is 292 g/mol. The summed E-state index contributed by atoms with van der Waals surface area (Å²) in [6, 6.07) is 3.40. The summed E-state index contributed by atoms with van der Waals surface area (Å²) in [6.45, 7) is 6.87. The molecule has 0 saturated carbocycles. The Labute approximate surface area is 125 Å². The minimum atomic E-state index is -0.200. The van der Waals surface area contributed by atoms with Gasteiger partial charge in [0.15, 0.2) is 0 Å². The second kappa shape index (κ2) is 8.24. The van der Waals surface area contributed by atoms with Gasteiger partial charge >= 0.3 is 0 Å². The summed E-state index contributed by atoms with van der Waals surface area (Å²) in [7, 11) is 1.75. The van der Waals surface area contributed by atoms with E-state index in [-0.39, 0.29) is 18.2 Å². The molecule has 1 rings (SSSR count). The molecule has 0 radical (unpaired) electrons. The number of rotatable bonds is 7. The first-order valence-electron chi connectivity index (χ1n) is 7.13. The van der Waals surface area contributed by atoms with Gasteiger partial charge in [-0.3, -0.25) is 9.59 Å². The molecule has 1 heterocycles. The third kappa shape index (κ3) is 6.25.